The predicted octanol–water partition coefficient (Wildman–Crippen LogP) is 2.31. The van der Waals surface area contributed by atoms with Crippen LogP contribution in [0.15, 0.2) is 24.5 Å². The summed E-state index contributed by atoms with van der Waals surface area (Å²) >= 11 is 0. The molecule has 2 N–H and O–H groups in total. The minimum atomic E-state index is 0.354. The molecule has 1 unspecified atom stereocenters. The highest BCUT2D eigenvalue weighted by atomic mass is 15.2. The van der Waals surface area contributed by atoms with Gasteiger partial charge in [0.1, 0.15) is 12.2 Å². The quantitative estimate of drug-likeness (QED) is 0.848. The highest BCUT2D eigenvalue weighted by Gasteiger charge is 2.06. The molecule has 2 rings (SSSR count). The maximum atomic E-state index is 4.10. The average Bonchev–Trinajstić information content (AvgIpc) is 2.85. The van der Waals surface area contributed by atoms with Crippen LogP contribution in [0.4, 0.5) is 0 Å². The molecule has 0 aliphatic heterocycles. The first-order valence-corrected chi connectivity index (χ1v) is 6.31. The van der Waals surface area contributed by atoms with Gasteiger partial charge in [-0.05, 0) is 37.5 Å². The molecule has 0 fully saturated rings. The van der Waals surface area contributed by atoms with Crippen LogP contribution in [0.25, 0.3) is 0 Å². The number of H-pyrrole nitrogens is 1. The zero-order chi connectivity index (χ0) is 13.0. The van der Waals surface area contributed by atoms with Gasteiger partial charge in [-0.3, -0.25) is 5.10 Å². The van der Waals surface area contributed by atoms with Gasteiger partial charge in [0.15, 0.2) is 0 Å². The third-order valence-corrected chi connectivity index (χ3v) is 3.31. The Labute approximate surface area is 108 Å². The lowest BCUT2D eigenvalue weighted by Crippen LogP contribution is -2.21. The molecule has 0 radical (unpaired) electrons. The van der Waals surface area contributed by atoms with Gasteiger partial charge < -0.3 is 5.32 Å². The molecule has 0 amide bonds. The molecule has 0 aliphatic carbocycles. The van der Waals surface area contributed by atoms with Gasteiger partial charge >= 0.3 is 0 Å². The molecular weight excluding hydrogens is 224 g/mol. The van der Waals surface area contributed by atoms with Gasteiger partial charge in [-0.25, -0.2) is 4.98 Å². The van der Waals surface area contributed by atoms with Crippen molar-refractivity contribution in [2.75, 3.05) is 6.54 Å². The fourth-order valence-corrected chi connectivity index (χ4v) is 1.91. The van der Waals surface area contributed by atoms with Crippen molar-refractivity contribution >= 4 is 0 Å². The van der Waals surface area contributed by atoms with E-state index >= 15 is 0 Å². The van der Waals surface area contributed by atoms with Crippen molar-refractivity contribution in [1.82, 2.24) is 20.5 Å². The predicted molar refractivity (Wildman–Crippen MR) is 72.4 cm³/mol. The van der Waals surface area contributed by atoms with Gasteiger partial charge in [0.2, 0.25) is 0 Å². The summed E-state index contributed by atoms with van der Waals surface area (Å²) in [5.41, 5.74) is 4.01. The van der Waals surface area contributed by atoms with Crippen LogP contribution in [0.5, 0.6) is 0 Å². The largest absolute Gasteiger partial charge is 0.310 e. The van der Waals surface area contributed by atoms with Crippen LogP contribution in [0, 0.1) is 13.8 Å². The number of nitrogens with zero attached hydrogens (tertiary/aromatic N) is 2. The summed E-state index contributed by atoms with van der Waals surface area (Å²) in [6.45, 7) is 7.37. The van der Waals surface area contributed by atoms with Gasteiger partial charge in [-0.2, -0.15) is 5.10 Å². The lowest BCUT2D eigenvalue weighted by Gasteiger charge is -2.15. The van der Waals surface area contributed by atoms with Crippen LogP contribution in [0.1, 0.15) is 35.5 Å². The van der Waals surface area contributed by atoms with E-state index in [-0.39, 0.29) is 0 Å². The Bertz CT molecular complexity index is 491. The SMILES string of the molecule is Cc1ccc(C(C)NCCc2ncn[nH]2)cc1C. The van der Waals surface area contributed by atoms with Gasteiger partial charge in [0.05, 0.1) is 0 Å². The lowest BCUT2D eigenvalue weighted by atomic mass is 10.0. The molecule has 1 aromatic heterocycles. The molecule has 4 heteroatoms. The molecule has 18 heavy (non-hydrogen) atoms. The number of aromatic amines is 1. The third-order valence-electron chi connectivity index (χ3n) is 3.31. The van der Waals surface area contributed by atoms with Crippen molar-refractivity contribution in [1.29, 1.82) is 0 Å². The maximum absolute atomic E-state index is 4.10. The minimum Gasteiger partial charge on any atom is -0.310 e. The molecule has 0 saturated carbocycles. The first kappa shape index (κ1) is 12.8. The number of hydrogen-bond acceptors (Lipinski definition) is 3. The molecule has 96 valence electrons. The fraction of sp³-hybridized carbons (Fsp3) is 0.429. The lowest BCUT2D eigenvalue weighted by molar-refractivity contribution is 0.570. The Balaban J connectivity index is 1.87. The summed E-state index contributed by atoms with van der Waals surface area (Å²) in [5.74, 6) is 0.926. The number of hydrogen-bond donors (Lipinski definition) is 2. The summed E-state index contributed by atoms with van der Waals surface area (Å²) in [6, 6.07) is 6.97. The third kappa shape index (κ3) is 3.17. The normalized spacial score (nSPS) is 12.6. The van der Waals surface area contributed by atoms with Crippen molar-refractivity contribution < 1.29 is 0 Å². The molecule has 0 aliphatic rings. The van der Waals surface area contributed by atoms with E-state index in [9.17, 15) is 0 Å². The van der Waals surface area contributed by atoms with E-state index in [2.05, 4.69) is 59.5 Å². The Kier molecular flexibility index (Phi) is 4.10. The van der Waals surface area contributed by atoms with E-state index in [1.54, 1.807) is 6.33 Å². The molecule has 0 saturated heterocycles. The second-order valence-corrected chi connectivity index (χ2v) is 4.70. The van der Waals surface area contributed by atoms with Crippen molar-refractivity contribution in [3.05, 3.63) is 47.0 Å². The summed E-state index contributed by atoms with van der Waals surface area (Å²) in [4.78, 5) is 4.10. The zero-order valence-corrected chi connectivity index (χ0v) is 11.2. The molecule has 1 heterocycles. The Morgan fingerprint density at radius 3 is 2.78 bits per heavy atom. The van der Waals surface area contributed by atoms with Crippen LogP contribution in [0.2, 0.25) is 0 Å². The highest BCUT2D eigenvalue weighted by molar-refractivity contribution is 5.31. The van der Waals surface area contributed by atoms with E-state index in [0.717, 1.165) is 18.8 Å². The molecule has 4 nitrogen and oxygen atoms in total. The Morgan fingerprint density at radius 2 is 2.11 bits per heavy atom. The standard InChI is InChI=1S/C14H20N4/c1-10-4-5-13(8-11(10)2)12(3)15-7-6-14-16-9-17-18-14/h4-5,8-9,12,15H,6-7H2,1-3H3,(H,16,17,18). The van der Waals surface area contributed by atoms with Crippen molar-refractivity contribution in [2.24, 2.45) is 0 Å². The molecule has 1 aromatic carbocycles. The number of rotatable bonds is 5. The number of benzene rings is 1. The summed E-state index contributed by atoms with van der Waals surface area (Å²) in [5, 5.41) is 10.2. The molecule has 0 spiro atoms. The maximum Gasteiger partial charge on any atom is 0.137 e. The highest BCUT2D eigenvalue weighted by Crippen LogP contribution is 2.16. The molecule has 0 bridgehead atoms. The second-order valence-electron chi connectivity index (χ2n) is 4.70. The van der Waals surface area contributed by atoms with Crippen molar-refractivity contribution in [3.8, 4) is 0 Å². The average molecular weight is 244 g/mol. The van der Waals surface area contributed by atoms with E-state index in [1.165, 1.54) is 16.7 Å². The number of aryl methyl sites for hydroxylation is 2. The number of aromatic nitrogens is 3. The van der Waals surface area contributed by atoms with Gasteiger partial charge in [-0.15, -0.1) is 0 Å². The number of nitrogens with one attached hydrogen (secondary N) is 2. The zero-order valence-electron chi connectivity index (χ0n) is 11.2. The van der Waals surface area contributed by atoms with E-state index in [4.69, 9.17) is 0 Å². The van der Waals surface area contributed by atoms with Crippen molar-refractivity contribution in [3.63, 3.8) is 0 Å². The van der Waals surface area contributed by atoms with Gasteiger partial charge in [0, 0.05) is 19.0 Å². The van der Waals surface area contributed by atoms with Gasteiger partial charge in [0.25, 0.3) is 0 Å². The van der Waals surface area contributed by atoms with E-state index in [0.29, 0.717) is 6.04 Å². The van der Waals surface area contributed by atoms with E-state index < -0.39 is 0 Å². The minimum absolute atomic E-state index is 0.354. The second kappa shape index (κ2) is 5.78. The smallest absolute Gasteiger partial charge is 0.137 e. The first-order valence-electron chi connectivity index (χ1n) is 6.31. The topological polar surface area (TPSA) is 53.6 Å². The molecular formula is C14H20N4. The molecule has 1 atom stereocenters. The summed E-state index contributed by atoms with van der Waals surface area (Å²) in [7, 11) is 0. The Morgan fingerprint density at radius 1 is 1.28 bits per heavy atom. The van der Waals surface area contributed by atoms with Gasteiger partial charge in [-0.1, -0.05) is 18.2 Å². The monoisotopic (exact) mass is 244 g/mol. The van der Waals surface area contributed by atoms with Crippen LogP contribution in [-0.2, 0) is 6.42 Å². The summed E-state index contributed by atoms with van der Waals surface area (Å²) < 4.78 is 0. The van der Waals surface area contributed by atoms with Crippen LogP contribution in [-0.4, -0.2) is 21.7 Å². The van der Waals surface area contributed by atoms with Crippen molar-refractivity contribution in [2.45, 2.75) is 33.2 Å². The fourth-order valence-electron chi connectivity index (χ4n) is 1.91. The van der Waals surface area contributed by atoms with Crippen LogP contribution in [0.3, 0.4) is 0 Å². The summed E-state index contributed by atoms with van der Waals surface area (Å²) in [6.07, 6.45) is 2.41. The van der Waals surface area contributed by atoms with Crippen LogP contribution >= 0.6 is 0 Å². The van der Waals surface area contributed by atoms with Crippen LogP contribution < -0.4 is 5.32 Å². The molecule has 2 aromatic rings. The Hall–Kier alpha value is -1.68. The first-order chi connectivity index (χ1) is 8.66. The van der Waals surface area contributed by atoms with E-state index in [1.807, 2.05) is 0 Å².